The zero-order chi connectivity index (χ0) is 10.8. The minimum atomic E-state index is -0.587. The van der Waals surface area contributed by atoms with Gasteiger partial charge in [0.2, 0.25) is 0 Å². The van der Waals surface area contributed by atoms with Crippen molar-refractivity contribution in [3.05, 3.63) is 28.1 Å². The fourth-order valence-corrected chi connectivity index (χ4v) is 3.19. The van der Waals surface area contributed by atoms with E-state index in [9.17, 15) is 5.11 Å². The molecule has 80 valence electrons. The van der Waals surface area contributed by atoms with Crippen LogP contribution in [-0.2, 0) is 0 Å². The van der Waals surface area contributed by atoms with Gasteiger partial charge in [-0.15, -0.1) is 22.7 Å². The first-order valence-corrected chi connectivity index (χ1v) is 6.31. The lowest BCUT2D eigenvalue weighted by Gasteiger charge is -2.03. The minimum Gasteiger partial charge on any atom is -0.386 e. The van der Waals surface area contributed by atoms with Crippen molar-refractivity contribution in [2.75, 3.05) is 6.54 Å². The molecule has 0 bridgehead atoms. The number of thiophene rings is 1. The monoisotopic (exact) mass is 240 g/mol. The molecule has 5 heteroatoms. The van der Waals surface area contributed by atoms with Gasteiger partial charge in [-0.2, -0.15) is 0 Å². The van der Waals surface area contributed by atoms with E-state index in [4.69, 9.17) is 5.73 Å². The SMILES string of the molecule is Cc1nc(-c2cccs2)sc1C(O)CN. The second-order valence-corrected chi connectivity index (χ2v) is 5.18. The molecule has 0 spiro atoms. The number of aryl methyl sites for hydroxylation is 1. The van der Waals surface area contributed by atoms with Crippen molar-refractivity contribution >= 4 is 22.7 Å². The topological polar surface area (TPSA) is 59.1 Å². The molecule has 0 aliphatic carbocycles. The molecule has 0 aliphatic rings. The molecule has 0 saturated heterocycles. The highest BCUT2D eigenvalue weighted by Crippen LogP contribution is 2.33. The van der Waals surface area contributed by atoms with Crippen LogP contribution >= 0.6 is 22.7 Å². The average molecular weight is 240 g/mol. The number of aliphatic hydroxyl groups excluding tert-OH is 1. The third-order valence-electron chi connectivity index (χ3n) is 2.09. The van der Waals surface area contributed by atoms with Gasteiger partial charge >= 0.3 is 0 Å². The summed E-state index contributed by atoms with van der Waals surface area (Å²) in [5, 5.41) is 12.7. The zero-order valence-electron chi connectivity index (χ0n) is 8.30. The third-order valence-corrected chi connectivity index (χ3v) is 4.39. The van der Waals surface area contributed by atoms with Gasteiger partial charge in [0.25, 0.3) is 0 Å². The van der Waals surface area contributed by atoms with Crippen LogP contribution in [0.1, 0.15) is 16.7 Å². The van der Waals surface area contributed by atoms with E-state index < -0.39 is 6.10 Å². The number of aliphatic hydroxyl groups is 1. The fourth-order valence-electron chi connectivity index (χ4n) is 1.33. The largest absolute Gasteiger partial charge is 0.386 e. The van der Waals surface area contributed by atoms with Crippen molar-refractivity contribution in [1.29, 1.82) is 0 Å². The van der Waals surface area contributed by atoms with Gasteiger partial charge in [-0.3, -0.25) is 0 Å². The van der Waals surface area contributed by atoms with Crippen LogP contribution in [0.5, 0.6) is 0 Å². The van der Waals surface area contributed by atoms with Crippen LogP contribution in [-0.4, -0.2) is 16.6 Å². The van der Waals surface area contributed by atoms with Gasteiger partial charge < -0.3 is 10.8 Å². The first-order chi connectivity index (χ1) is 7.22. The quantitative estimate of drug-likeness (QED) is 0.864. The summed E-state index contributed by atoms with van der Waals surface area (Å²) in [5.41, 5.74) is 6.31. The van der Waals surface area contributed by atoms with Crippen molar-refractivity contribution < 1.29 is 5.11 Å². The summed E-state index contributed by atoms with van der Waals surface area (Å²) in [5.74, 6) is 0. The first kappa shape index (κ1) is 10.8. The number of hydrogen-bond donors (Lipinski definition) is 2. The Hall–Kier alpha value is -0.750. The van der Waals surface area contributed by atoms with Crippen LogP contribution in [0.15, 0.2) is 17.5 Å². The summed E-state index contributed by atoms with van der Waals surface area (Å²) >= 11 is 3.17. The van der Waals surface area contributed by atoms with E-state index in [0.717, 1.165) is 20.5 Å². The lowest BCUT2D eigenvalue weighted by atomic mass is 10.2. The number of nitrogens with two attached hydrogens (primary N) is 1. The molecule has 0 fully saturated rings. The van der Waals surface area contributed by atoms with E-state index >= 15 is 0 Å². The molecule has 0 radical (unpaired) electrons. The highest BCUT2D eigenvalue weighted by atomic mass is 32.1. The van der Waals surface area contributed by atoms with Crippen LogP contribution in [0, 0.1) is 6.92 Å². The number of rotatable bonds is 3. The van der Waals surface area contributed by atoms with Gasteiger partial charge in [0, 0.05) is 6.54 Å². The lowest BCUT2D eigenvalue weighted by Crippen LogP contribution is -2.10. The Labute approximate surface area is 96.2 Å². The zero-order valence-corrected chi connectivity index (χ0v) is 9.94. The van der Waals surface area contributed by atoms with E-state index in [1.54, 1.807) is 11.3 Å². The normalized spacial score (nSPS) is 13.0. The van der Waals surface area contributed by atoms with Gasteiger partial charge in [-0.1, -0.05) is 6.07 Å². The minimum absolute atomic E-state index is 0.243. The summed E-state index contributed by atoms with van der Waals surface area (Å²) in [6.07, 6.45) is -0.587. The maximum absolute atomic E-state index is 9.67. The van der Waals surface area contributed by atoms with Crippen molar-refractivity contribution in [3.8, 4) is 9.88 Å². The Bertz CT molecular complexity index is 436. The van der Waals surface area contributed by atoms with Crippen molar-refractivity contribution in [2.45, 2.75) is 13.0 Å². The van der Waals surface area contributed by atoms with Crippen LogP contribution in [0.2, 0.25) is 0 Å². The van der Waals surface area contributed by atoms with Crippen molar-refractivity contribution in [2.24, 2.45) is 5.73 Å². The second kappa shape index (κ2) is 4.40. The summed E-state index contributed by atoms with van der Waals surface area (Å²) in [4.78, 5) is 6.45. The van der Waals surface area contributed by atoms with Gasteiger partial charge in [0.1, 0.15) is 11.1 Å². The van der Waals surface area contributed by atoms with Gasteiger partial charge in [0.05, 0.1) is 15.4 Å². The van der Waals surface area contributed by atoms with Crippen LogP contribution in [0.4, 0.5) is 0 Å². The second-order valence-electron chi connectivity index (χ2n) is 3.20. The maximum atomic E-state index is 9.67. The molecule has 2 aromatic rings. The average Bonchev–Trinajstić information content (AvgIpc) is 2.84. The molecule has 2 rings (SSSR count). The lowest BCUT2D eigenvalue weighted by molar-refractivity contribution is 0.189. The Morgan fingerprint density at radius 2 is 2.40 bits per heavy atom. The number of aromatic nitrogens is 1. The van der Waals surface area contributed by atoms with E-state index in [1.165, 1.54) is 11.3 Å². The van der Waals surface area contributed by atoms with Crippen LogP contribution in [0.25, 0.3) is 9.88 Å². The molecule has 3 N–H and O–H groups in total. The molecule has 2 aromatic heterocycles. The molecular weight excluding hydrogens is 228 g/mol. The Morgan fingerprint density at radius 1 is 1.60 bits per heavy atom. The molecule has 3 nitrogen and oxygen atoms in total. The number of thiazole rings is 1. The van der Waals surface area contributed by atoms with Crippen molar-refractivity contribution in [3.63, 3.8) is 0 Å². The highest BCUT2D eigenvalue weighted by molar-refractivity contribution is 7.21. The van der Waals surface area contributed by atoms with Crippen molar-refractivity contribution in [1.82, 2.24) is 4.98 Å². The molecule has 1 unspecified atom stereocenters. The third kappa shape index (κ3) is 2.10. The molecule has 1 atom stereocenters. The summed E-state index contributed by atoms with van der Waals surface area (Å²) in [6.45, 7) is 2.15. The predicted molar refractivity (Wildman–Crippen MR) is 64.2 cm³/mol. The molecule has 0 saturated carbocycles. The van der Waals surface area contributed by atoms with Crippen LogP contribution < -0.4 is 5.73 Å². The van der Waals surface area contributed by atoms with Gasteiger partial charge in [-0.05, 0) is 18.4 Å². The smallest absolute Gasteiger partial charge is 0.133 e. The van der Waals surface area contributed by atoms with Gasteiger partial charge in [-0.25, -0.2) is 4.98 Å². The predicted octanol–water partition coefficient (Wildman–Crippen LogP) is 2.17. The van der Waals surface area contributed by atoms with E-state index in [2.05, 4.69) is 4.98 Å². The number of hydrogen-bond acceptors (Lipinski definition) is 5. The first-order valence-electron chi connectivity index (χ1n) is 4.61. The fraction of sp³-hybridized carbons (Fsp3) is 0.300. The number of nitrogens with zero attached hydrogens (tertiary/aromatic N) is 1. The maximum Gasteiger partial charge on any atom is 0.133 e. The molecule has 2 heterocycles. The molecule has 0 amide bonds. The highest BCUT2D eigenvalue weighted by Gasteiger charge is 2.15. The molecule has 0 aromatic carbocycles. The summed E-state index contributed by atoms with van der Waals surface area (Å²) in [6, 6.07) is 4.03. The molecule has 15 heavy (non-hydrogen) atoms. The van der Waals surface area contributed by atoms with Gasteiger partial charge in [0.15, 0.2) is 0 Å². The Morgan fingerprint density at radius 3 is 3.00 bits per heavy atom. The van der Waals surface area contributed by atoms with E-state index in [0.29, 0.717) is 0 Å². The standard InChI is InChI=1S/C10H12N2OS2/c1-6-9(7(13)5-11)15-10(12-6)8-3-2-4-14-8/h2-4,7,13H,5,11H2,1H3. The van der Waals surface area contributed by atoms with Crippen LogP contribution in [0.3, 0.4) is 0 Å². The molecule has 0 aliphatic heterocycles. The Balaban J connectivity index is 2.37. The Kier molecular flexibility index (Phi) is 3.16. The summed E-state index contributed by atoms with van der Waals surface area (Å²) < 4.78 is 0. The van der Waals surface area contributed by atoms with E-state index in [-0.39, 0.29) is 6.54 Å². The van der Waals surface area contributed by atoms with E-state index in [1.807, 2.05) is 24.4 Å². The molecular formula is C10H12N2OS2. The summed E-state index contributed by atoms with van der Waals surface area (Å²) in [7, 11) is 0.